The average Bonchev–Trinajstić information content (AvgIpc) is 2.95. The molecule has 0 bridgehead atoms. The van der Waals surface area contributed by atoms with Crippen LogP contribution in [0, 0.1) is 11.6 Å². The normalized spacial score (nSPS) is 13.2. The topological polar surface area (TPSA) is 104 Å². The van der Waals surface area contributed by atoms with Crippen LogP contribution in [-0.2, 0) is 26.0 Å². The Bertz CT molecular complexity index is 1010. The Morgan fingerprint density at radius 1 is 1.12 bits per heavy atom. The van der Waals surface area contributed by atoms with Crippen molar-refractivity contribution in [2.45, 2.75) is 11.3 Å². The summed E-state index contributed by atoms with van der Waals surface area (Å²) in [5, 5.41) is 4.84. The van der Waals surface area contributed by atoms with Crippen molar-refractivity contribution in [3.8, 4) is 0 Å². The van der Waals surface area contributed by atoms with E-state index in [9.17, 15) is 26.8 Å². The molecule has 1 aliphatic rings. The van der Waals surface area contributed by atoms with Crippen LogP contribution in [0.3, 0.4) is 0 Å². The number of sulfonamides is 1. The first kappa shape index (κ1) is 18.0. The quantitative estimate of drug-likeness (QED) is 0.728. The molecule has 10 heteroatoms. The second kappa shape index (κ2) is 6.81. The summed E-state index contributed by atoms with van der Waals surface area (Å²) in [5.74, 6) is -3.18. The predicted molar refractivity (Wildman–Crippen MR) is 89.0 cm³/mol. The molecule has 2 aromatic carbocycles. The van der Waals surface area contributed by atoms with Crippen LogP contribution >= 0.6 is 0 Å². The fraction of sp³-hybridized carbons (Fsp3) is 0.125. The number of nitrogens with one attached hydrogen (secondary N) is 3. The SMILES string of the molecule is O=C(CNS(=O)(=O)c1ccc2c(c1)CC(=O)N2)Nc1ccc(F)c(F)c1. The molecule has 0 fully saturated rings. The zero-order valence-corrected chi connectivity index (χ0v) is 14.0. The highest BCUT2D eigenvalue weighted by Crippen LogP contribution is 2.25. The maximum Gasteiger partial charge on any atom is 0.241 e. The van der Waals surface area contributed by atoms with E-state index in [0.717, 1.165) is 18.2 Å². The van der Waals surface area contributed by atoms with Gasteiger partial charge in [0.05, 0.1) is 17.9 Å². The van der Waals surface area contributed by atoms with Crippen LogP contribution < -0.4 is 15.4 Å². The van der Waals surface area contributed by atoms with Gasteiger partial charge in [-0.05, 0) is 35.9 Å². The standard InChI is InChI=1S/C16H13F2N3O4S/c17-12-3-1-10(7-13(12)18)20-16(23)8-19-26(24,25)11-2-4-14-9(5-11)6-15(22)21-14/h1-5,7,19H,6,8H2,(H,20,23)(H,21,22). The summed E-state index contributed by atoms with van der Waals surface area (Å²) >= 11 is 0. The number of hydrogen-bond donors (Lipinski definition) is 3. The van der Waals surface area contributed by atoms with Crippen LogP contribution in [0.25, 0.3) is 0 Å². The lowest BCUT2D eigenvalue weighted by Gasteiger charge is -2.09. The van der Waals surface area contributed by atoms with Crippen molar-refractivity contribution in [2.75, 3.05) is 17.2 Å². The van der Waals surface area contributed by atoms with Gasteiger partial charge < -0.3 is 10.6 Å². The first-order valence-corrected chi connectivity index (χ1v) is 8.90. The van der Waals surface area contributed by atoms with E-state index in [4.69, 9.17) is 0 Å². The molecule has 0 radical (unpaired) electrons. The van der Waals surface area contributed by atoms with Crippen molar-refractivity contribution in [1.82, 2.24) is 4.72 Å². The molecule has 2 amide bonds. The minimum absolute atomic E-state index is 0.00443. The third kappa shape index (κ3) is 3.86. The number of halogens is 2. The Hall–Kier alpha value is -2.85. The summed E-state index contributed by atoms with van der Waals surface area (Å²) in [6.45, 7) is -0.602. The molecule has 3 N–H and O–H groups in total. The van der Waals surface area contributed by atoms with Crippen LogP contribution in [0.5, 0.6) is 0 Å². The average molecular weight is 381 g/mol. The van der Waals surface area contributed by atoms with Gasteiger partial charge in [0.25, 0.3) is 0 Å². The summed E-state index contributed by atoms with van der Waals surface area (Å²) in [7, 11) is -3.99. The van der Waals surface area contributed by atoms with Crippen LogP contribution in [0.1, 0.15) is 5.56 Å². The maximum atomic E-state index is 13.1. The van der Waals surface area contributed by atoms with E-state index in [-0.39, 0.29) is 22.9 Å². The fourth-order valence-electron chi connectivity index (χ4n) is 2.40. The van der Waals surface area contributed by atoms with E-state index < -0.39 is 34.1 Å². The minimum Gasteiger partial charge on any atom is -0.326 e. The van der Waals surface area contributed by atoms with Gasteiger partial charge in [0.15, 0.2) is 11.6 Å². The van der Waals surface area contributed by atoms with Crippen molar-refractivity contribution < 1.29 is 26.8 Å². The Kier molecular flexibility index (Phi) is 4.70. The van der Waals surface area contributed by atoms with Gasteiger partial charge in [-0.1, -0.05) is 0 Å². The fourth-order valence-corrected chi connectivity index (χ4v) is 3.43. The molecule has 26 heavy (non-hydrogen) atoms. The van der Waals surface area contributed by atoms with Crippen molar-refractivity contribution in [3.63, 3.8) is 0 Å². The number of anilines is 2. The lowest BCUT2D eigenvalue weighted by atomic mass is 10.2. The summed E-state index contributed by atoms with van der Waals surface area (Å²) in [4.78, 5) is 23.0. The molecule has 7 nitrogen and oxygen atoms in total. The molecule has 0 atom stereocenters. The highest BCUT2D eigenvalue weighted by Gasteiger charge is 2.22. The van der Waals surface area contributed by atoms with Gasteiger partial charge in [-0.2, -0.15) is 0 Å². The van der Waals surface area contributed by atoms with E-state index in [2.05, 4.69) is 15.4 Å². The molecule has 3 rings (SSSR count). The molecule has 0 unspecified atom stereocenters. The molecule has 1 aliphatic heterocycles. The Labute approximate surface area is 147 Å². The lowest BCUT2D eigenvalue weighted by Crippen LogP contribution is -2.33. The van der Waals surface area contributed by atoms with Gasteiger partial charge in [0.2, 0.25) is 21.8 Å². The molecular weight excluding hydrogens is 368 g/mol. The van der Waals surface area contributed by atoms with E-state index in [1.165, 1.54) is 18.2 Å². The maximum absolute atomic E-state index is 13.1. The number of carbonyl (C=O) groups excluding carboxylic acids is 2. The van der Waals surface area contributed by atoms with E-state index in [1.54, 1.807) is 0 Å². The monoisotopic (exact) mass is 381 g/mol. The predicted octanol–water partition coefficient (Wildman–Crippen LogP) is 1.38. The van der Waals surface area contributed by atoms with Crippen molar-refractivity contribution in [1.29, 1.82) is 0 Å². The molecule has 0 aromatic heterocycles. The first-order valence-electron chi connectivity index (χ1n) is 7.42. The second-order valence-electron chi connectivity index (χ2n) is 5.55. The summed E-state index contributed by atoms with van der Waals surface area (Å²) < 4.78 is 52.6. The first-order chi connectivity index (χ1) is 12.2. The van der Waals surface area contributed by atoms with Crippen molar-refractivity contribution in [2.24, 2.45) is 0 Å². The van der Waals surface area contributed by atoms with E-state index >= 15 is 0 Å². The number of amides is 2. The summed E-state index contributed by atoms with van der Waals surface area (Å²) in [6, 6.07) is 6.90. The molecule has 1 heterocycles. The van der Waals surface area contributed by atoms with Crippen LogP contribution in [-0.4, -0.2) is 26.8 Å². The Morgan fingerprint density at radius 3 is 2.62 bits per heavy atom. The molecule has 0 saturated heterocycles. The lowest BCUT2D eigenvalue weighted by molar-refractivity contribution is -0.115. The van der Waals surface area contributed by atoms with Gasteiger partial charge in [-0.25, -0.2) is 21.9 Å². The third-order valence-electron chi connectivity index (χ3n) is 3.64. The Morgan fingerprint density at radius 2 is 1.88 bits per heavy atom. The van der Waals surface area contributed by atoms with Crippen LogP contribution in [0.2, 0.25) is 0 Å². The smallest absolute Gasteiger partial charge is 0.241 e. The highest BCUT2D eigenvalue weighted by molar-refractivity contribution is 7.89. The minimum atomic E-state index is -3.99. The molecular formula is C16H13F2N3O4S. The number of benzene rings is 2. The molecule has 0 aliphatic carbocycles. The van der Waals surface area contributed by atoms with Gasteiger partial charge in [0.1, 0.15) is 0 Å². The van der Waals surface area contributed by atoms with E-state index in [0.29, 0.717) is 11.3 Å². The highest BCUT2D eigenvalue weighted by atomic mass is 32.2. The summed E-state index contributed by atoms with van der Waals surface area (Å²) in [6.07, 6.45) is 0.0787. The van der Waals surface area contributed by atoms with E-state index in [1.807, 2.05) is 0 Å². The Balaban J connectivity index is 1.64. The number of fused-ring (bicyclic) bond motifs is 1. The number of rotatable bonds is 5. The zero-order valence-electron chi connectivity index (χ0n) is 13.2. The number of carbonyl (C=O) groups is 2. The largest absolute Gasteiger partial charge is 0.326 e. The van der Waals surface area contributed by atoms with Crippen LogP contribution in [0.4, 0.5) is 20.2 Å². The molecule has 136 valence electrons. The second-order valence-corrected chi connectivity index (χ2v) is 7.31. The van der Waals surface area contributed by atoms with Gasteiger partial charge in [-0.3, -0.25) is 9.59 Å². The van der Waals surface area contributed by atoms with Gasteiger partial charge >= 0.3 is 0 Å². The van der Waals surface area contributed by atoms with Crippen molar-refractivity contribution >= 4 is 33.2 Å². The zero-order chi connectivity index (χ0) is 18.9. The molecule has 2 aromatic rings. The van der Waals surface area contributed by atoms with Crippen molar-refractivity contribution in [3.05, 3.63) is 53.6 Å². The molecule has 0 saturated carbocycles. The molecule has 0 spiro atoms. The summed E-state index contributed by atoms with van der Waals surface area (Å²) in [5.41, 5.74) is 1.09. The number of hydrogen-bond acceptors (Lipinski definition) is 4. The third-order valence-corrected chi connectivity index (χ3v) is 5.04. The van der Waals surface area contributed by atoms with Crippen LogP contribution in [0.15, 0.2) is 41.3 Å². The van der Waals surface area contributed by atoms with Gasteiger partial charge in [-0.15, -0.1) is 0 Å². The van der Waals surface area contributed by atoms with Gasteiger partial charge in [0, 0.05) is 17.4 Å².